The average Bonchev–Trinajstić information content (AvgIpc) is 3.50. The van der Waals surface area contributed by atoms with Gasteiger partial charge in [0.05, 0.1) is 17.3 Å². The number of carbonyl (C=O) groups excluding carboxylic acids is 2. The molecule has 0 spiro atoms. The first-order valence-electron chi connectivity index (χ1n) is 10.2. The smallest absolute Gasteiger partial charge is 0.303 e. The summed E-state index contributed by atoms with van der Waals surface area (Å²) in [4.78, 5) is 40.8. The van der Waals surface area contributed by atoms with Crippen LogP contribution in [0.3, 0.4) is 0 Å². The number of aryl methyl sites for hydroxylation is 1. The van der Waals surface area contributed by atoms with Crippen LogP contribution < -0.4 is 5.56 Å². The predicted octanol–water partition coefficient (Wildman–Crippen LogP) is 3.93. The van der Waals surface area contributed by atoms with E-state index in [2.05, 4.69) is 11.1 Å². The van der Waals surface area contributed by atoms with Crippen molar-refractivity contribution in [1.82, 2.24) is 4.98 Å². The van der Waals surface area contributed by atoms with Gasteiger partial charge in [0.15, 0.2) is 5.78 Å². The number of H-pyrrole nitrogens is 1. The molecular weight excluding hydrogens is 380 g/mol. The van der Waals surface area contributed by atoms with Crippen LogP contribution in [0, 0.1) is 24.2 Å². The minimum absolute atomic E-state index is 0.0808. The molecule has 6 heteroatoms. The molecule has 0 bridgehead atoms. The maximum atomic E-state index is 13.7. The second kappa shape index (κ2) is 8.66. The summed E-state index contributed by atoms with van der Waals surface area (Å²) in [6.07, 6.45) is 2.78. The van der Waals surface area contributed by atoms with E-state index in [9.17, 15) is 19.6 Å². The van der Waals surface area contributed by atoms with E-state index in [0.717, 1.165) is 24.0 Å². The van der Waals surface area contributed by atoms with Crippen molar-refractivity contribution in [3.05, 3.63) is 67.6 Å². The molecule has 6 nitrogen and oxygen atoms in total. The van der Waals surface area contributed by atoms with Crippen LogP contribution in [-0.4, -0.2) is 16.7 Å². The molecule has 0 atom stereocenters. The number of nitrogens with one attached hydrogen (secondary N) is 1. The lowest BCUT2D eigenvalue weighted by Gasteiger charge is -2.19. The van der Waals surface area contributed by atoms with Crippen molar-refractivity contribution in [3.8, 4) is 6.07 Å². The van der Waals surface area contributed by atoms with E-state index in [-0.39, 0.29) is 23.9 Å². The Morgan fingerprint density at radius 1 is 1.27 bits per heavy atom. The maximum absolute atomic E-state index is 13.7. The van der Waals surface area contributed by atoms with Gasteiger partial charge in [0, 0.05) is 23.6 Å². The zero-order valence-corrected chi connectivity index (χ0v) is 17.8. The summed E-state index contributed by atoms with van der Waals surface area (Å²) in [6, 6.07) is 7.10. The first kappa shape index (κ1) is 21.5. The number of pyridine rings is 1. The fourth-order valence-electron chi connectivity index (χ4n) is 3.77. The number of nitrogens with zero attached hydrogens (tertiary/aromatic N) is 1. The summed E-state index contributed by atoms with van der Waals surface area (Å²) < 4.78 is 5.16. The third-order valence-electron chi connectivity index (χ3n) is 5.33. The molecule has 30 heavy (non-hydrogen) atoms. The molecule has 1 N–H and O–H groups in total. The van der Waals surface area contributed by atoms with Crippen LogP contribution in [0.15, 0.2) is 23.0 Å². The molecule has 2 aromatic rings. The largest absolute Gasteiger partial charge is 0.459 e. The zero-order chi connectivity index (χ0) is 22.0. The number of nitriles is 1. The van der Waals surface area contributed by atoms with E-state index in [1.807, 2.05) is 20.8 Å². The van der Waals surface area contributed by atoms with Crippen LogP contribution in [-0.2, 0) is 22.6 Å². The highest BCUT2D eigenvalue weighted by atomic mass is 16.5. The van der Waals surface area contributed by atoms with Gasteiger partial charge in [-0.3, -0.25) is 14.4 Å². The number of hydrogen-bond acceptors (Lipinski definition) is 5. The minimum atomic E-state index is -0.452. The van der Waals surface area contributed by atoms with Crippen LogP contribution in [0.25, 0.3) is 0 Å². The highest BCUT2D eigenvalue weighted by Crippen LogP contribution is 2.36. The first-order valence-corrected chi connectivity index (χ1v) is 10.2. The molecule has 1 aromatic carbocycles. The van der Waals surface area contributed by atoms with E-state index < -0.39 is 5.97 Å². The molecule has 0 unspecified atom stereocenters. The third-order valence-corrected chi connectivity index (χ3v) is 5.33. The number of rotatable bonds is 7. The molecule has 1 aliphatic rings. The molecule has 1 aliphatic carbocycles. The Bertz CT molecular complexity index is 1100. The molecule has 1 aromatic heterocycles. The predicted molar refractivity (Wildman–Crippen MR) is 112 cm³/mol. The average molecular weight is 406 g/mol. The lowest BCUT2D eigenvalue weighted by Crippen LogP contribution is -2.26. The Hall–Kier alpha value is -3.20. The highest BCUT2D eigenvalue weighted by molar-refractivity contribution is 6.11. The van der Waals surface area contributed by atoms with Crippen molar-refractivity contribution in [2.45, 2.75) is 59.5 Å². The van der Waals surface area contributed by atoms with Crippen molar-refractivity contribution in [2.75, 3.05) is 0 Å². The quantitative estimate of drug-likeness (QED) is 0.555. The number of carbonyl (C=O) groups is 2. The summed E-state index contributed by atoms with van der Waals surface area (Å²) in [6.45, 7) is 6.82. The van der Waals surface area contributed by atoms with Gasteiger partial charge in [-0.25, -0.2) is 0 Å². The molecule has 0 aliphatic heterocycles. The molecule has 156 valence electrons. The fraction of sp³-hybridized carbons (Fsp3) is 0.417. The van der Waals surface area contributed by atoms with Gasteiger partial charge in [0.25, 0.3) is 5.56 Å². The fourth-order valence-corrected chi connectivity index (χ4v) is 3.77. The van der Waals surface area contributed by atoms with E-state index in [0.29, 0.717) is 40.3 Å². The van der Waals surface area contributed by atoms with Crippen molar-refractivity contribution < 1.29 is 14.3 Å². The van der Waals surface area contributed by atoms with Gasteiger partial charge < -0.3 is 9.72 Å². The number of ether oxygens (including phenoxy) is 1. The lowest BCUT2D eigenvalue weighted by atomic mass is 9.86. The summed E-state index contributed by atoms with van der Waals surface area (Å²) in [5.41, 5.74) is 3.28. The minimum Gasteiger partial charge on any atom is -0.459 e. The summed E-state index contributed by atoms with van der Waals surface area (Å²) in [5, 5.41) is 9.31. The van der Waals surface area contributed by atoms with Gasteiger partial charge in [0.2, 0.25) is 0 Å². The Labute approximate surface area is 175 Å². The van der Waals surface area contributed by atoms with E-state index in [4.69, 9.17) is 4.74 Å². The molecule has 3 rings (SSSR count). The Balaban J connectivity index is 2.24. The van der Waals surface area contributed by atoms with Gasteiger partial charge in [0.1, 0.15) is 6.61 Å². The molecule has 1 saturated carbocycles. The number of aromatic nitrogens is 1. The van der Waals surface area contributed by atoms with Crippen molar-refractivity contribution in [3.63, 3.8) is 0 Å². The van der Waals surface area contributed by atoms with Crippen LogP contribution in [0.5, 0.6) is 0 Å². The molecule has 0 radical (unpaired) electrons. The Morgan fingerprint density at radius 2 is 1.97 bits per heavy atom. The number of hydrogen-bond donors (Lipinski definition) is 1. The monoisotopic (exact) mass is 406 g/mol. The molecule has 1 fully saturated rings. The second-order valence-electron chi connectivity index (χ2n) is 8.31. The third kappa shape index (κ3) is 4.68. The van der Waals surface area contributed by atoms with Crippen molar-refractivity contribution in [1.29, 1.82) is 5.26 Å². The van der Waals surface area contributed by atoms with E-state index in [1.165, 1.54) is 6.92 Å². The Kier molecular flexibility index (Phi) is 6.21. The number of benzene rings is 1. The Morgan fingerprint density at radius 3 is 2.53 bits per heavy atom. The van der Waals surface area contributed by atoms with Crippen molar-refractivity contribution >= 4 is 11.8 Å². The van der Waals surface area contributed by atoms with Crippen LogP contribution in [0.2, 0.25) is 0 Å². The maximum Gasteiger partial charge on any atom is 0.303 e. The lowest BCUT2D eigenvalue weighted by molar-refractivity contribution is -0.142. The van der Waals surface area contributed by atoms with Crippen molar-refractivity contribution in [2.24, 2.45) is 5.92 Å². The van der Waals surface area contributed by atoms with Gasteiger partial charge in [-0.2, -0.15) is 5.26 Å². The highest BCUT2D eigenvalue weighted by Gasteiger charge is 2.30. The van der Waals surface area contributed by atoms with E-state index >= 15 is 0 Å². The van der Waals surface area contributed by atoms with Crippen LogP contribution >= 0.6 is 0 Å². The summed E-state index contributed by atoms with van der Waals surface area (Å²) in [5.74, 6) is -0.449. The van der Waals surface area contributed by atoms with E-state index in [1.54, 1.807) is 18.2 Å². The first-order chi connectivity index (χ1) is 14.2. The second-order valence-corrected chi connectivity index (χ2v) is 8.31. The van der Waals surface area contributed by atoms with Crippen LogP contribution in [0.4, 0.5) is 0 Å². The topological polar surface area (TPSA) is 100 Å². The molecule has 0 amide bonds. The van der Waals surface area contributed by atoms with Gasteiger partial charge in [-0.05, 0) is 67.3 Å². The van der Waals surface area contributed by atoms with Crippen LogP contribution in [0.1, 0.15) is 83.4 Å². The number of aromatic amines is 1. The zero-order valence-electron chi connectivity index (χ0n) is 17.8. The molecule has 1 heterocycles. The summed E-state index contributed by atoms with van der Waals surface area (Å²) in [7, 11) is 0. The number of esters is 1. The van der Waals surface area contributed by atoms with Gasteiger partial charge >= 0.3 is 5.97 Å². The SMILES string of the molecule is CC(=O)OCc1[nH]c(=O)c(C(C)C)c(C(=O)c2cc(C)cc(C#N)c2)c1CC1CC1. The molecule has 0 saturated heterocycles. The normalized spacial score (nSPS) is 13.2. The summed E-state index contributed by atoms with van der Waals surface area (Å²) >= 11 is 0. The number of ketones is 1. The van der Waals surface area contributed by atoms with Gasteiger partial charge in [-0.15, -0.1) is 0 Å². The standard InChI is InChI=1S/C24H26N2O4/c1-13(2)21-22(23(28)18-8-14(3)7-17(9-18)11-25)19(10-16-5-6-16)20(26-24(21)29)12-30-15(4)27/h7-9,13,16H,5-6,10,12H2,1-4H3,(H,26,29). The van der Waals surface area contributed by atoms with Gasteiger partial charge in [-0.1, -0.05) is 13.8 Å². The molecular formula is C24H26N2O4.